The molecule has 0 saturated carbocycles. The first-order chi connectivity index (χ1) is 9.16. The minimum atomic E-state index is -0.887. The Bertz CT molecular complexity index is 676. The molecule has 0 atom stereocenters. The first-order valence-electron chi connectivity index (χ1n) is 5.92. The molecule has 1 aliphatic heterocycles. The van der Waals surface area contributed by atoms with E-state index in [2.05, 4.69) is 10.1 Å². The molecule has 0 spiro atoms. The van der Waals surface area contributed by atoms with Crippen LogP contribution in [0.15, 0.2) is 24.5 Å². The van der Waals surface area contributed by atoms with Gasteiger partial charge in [-0.1, -0.05) is 6.08 Å². The predicted octanol–water partition coefficient (Wildman–Crippen LogP) is 1.08. The van der Waals surface area contributed by atoms with Crippen molar-refractivity contribution in [3.8, 4) is 0 Å². The van der Waals surface area contributed by atoms with Crippen LogP contribution in [0.2, 0.25) is 0 Å². The smallest absolute Gasteiger partial charge is 0.407 e. The summed E-state index contributed by atoms with van der Waals surface area (Å²) in [5.74, 6) is 0.435. The molecule has 0 fully saturated rings. The van der Waals surface area contributed by atoms with Crippen molar-refractivity contribution >= 4 is 23.0 Å². The summed E-state index contributed by atoms with van der Waals surface area (Å²) >= 11 is 0. The van der Waals surface area contributed by atoms with Gasteiger partial charge in [0, 0.05) is 13.1 Å². The SMILES string of the molecule is Nc1ncnn2c(C3=CCN(C(=O)O)CC3)ccc12. The Morgan fingerprint density at radius 1 is 1.42 bits per heavy atom. The molecule has 3 N–H and O–H groups in total. The summed E-state index contributed by atoms with van der Waals surface area (Å²) in [5, 5.41) is 13.1. The van der Waals surface area contributed by atoms with Gasteiger partial charge in [0.25, 0.3) is 0 Å². The summed E-state index contributed by atoms with van der Waals surface area (Å²) in [6, 6.07) is 3.80. The summed E-state index contributed by atoms with van der Waals surface area (Å²) in [6.07, 6.45) is 3.11. The zero-order valence-electron chi connectivity index (χ0n) is 10.2. The number of nitrogens with zero attached hydrogens (tertiary/aromatic N) is 4. The largest absolute Gasteiger partial charge is 0.465 e. The van der Waals surface area contributed by atoms with Gasteiger partial charge in [0.2, 0.25) is 0 Å². The second kappa shape index (κ2) is 4.27. The molecule has 3 heterocycles. The lowest BCUT2D eigenvalue weighted by Crippen LogP contribution is -2.33. The number of rotatable bonds is 1. The maximum Gasteiger partial charge on any atom is 0.407 e. The molecule has 7 heteroatoms. The fourth-order valence-corrected chi connectivity index (χ4v) is 2.27. The van der Waals surface area contributed by atoms with Gasteiger partial charge in [-0.15, -0.1) is 0 Å². The summed E-state index contributed by atoms with van der Waals surface area (Å²) in [7, 11) is 0. The number of hydrogen-bond acceptors (Lipinski definition) is 4. The number of aromatic nitrogens is 3. The van der Waals surface area contributed by atoms with Crippen LogP contribution in [0.5, 0.6) is 0 Å². The van der Waals surface area contributed by atoms with E-state index in [1.165, 1.54) is 11.2 Å². The summed E-state index contributed by atoms with van der Waals surface area (Å²) in [6.45, 7) is 0.896. The van der Waals surface area contributed by atoms with Crippen molar-refractivity contribution in [1.29, 1.82) is 0 Å². The Kier molecular flexibility index (Phi) is 2.59. The normalized spacial score (nSPS) is 15.6. The molecule has 0 radical (unpaired) electrons. The average molecular weight is 259 g/mol. The van der Waals surface area contributed by atoms with Crippen LogP contribution >= 0.6 is 0 Å². The van der Waals surface area contributed by atoms with Crippen molar-refractivity contribution in [2.75, 3.05) is 18.8 Å². The summed E-state index contributed by atoms with van der Waals surface area (Å²) in [4.78, 5) is 16.2. The Labute approximate surface area is 109 Å². The van der Waals surface area contributed by atoms with Crippen molar-refractivity contribution in [2.45, 2.75) is 6.42 Å². The molecule has 0 saturated heterocycles. The zero-order chi connectivity index (χ0) is 13.4. The third-order valence-corrected chi connectivity index (χ3v) is 3.29. The highest BCUT2D eigenvalue weighted by Gasteiger charge is 2.18. The number of carbonyl (C=O) groups is 1. The number of nitrogen functional groups attached to an aromatic ring is 1. The summed E-state index contributed by atoms with van der Waals surface area (Å²) < 4.78 is 1.74. The standard InChI is InChI=1S/C12H13N5O2/c13-11-10-2-1-9(17(10)15-7-14-11)8-3-5-16(6-4-8)12(18)19/h1-3,7H,4-6H2,(H,18,19)(H2,13,14,15). The molecule has 98 valence electrons. The lowest BCUT2D eigenvalue weighted by atomic mass is 10.1. The Balaban J connectivity index is 1.98. The van der Waals surface area contributed by atoms with Gasteiger partial charge in [0.1, 0.15) is 11.8 Å². The highest BCUT2D eigenvalue weighted by atomic mass is 16.4. The molecule has 1 amide bonds. The van der Waals surface area contributed by atoms with Crippen molar-refractivity contribution in [3.05, 3.63) is 30.2 Å². The van der Waals surface area contributed by atoms with E-state index in [4.69, 9.17) is 10.8 Å². The molecule has 2 aromatic heterocycles. The maximum absolute atomic E-state index is 10.9. The zero-order valence-corrected chi connectivity index (χ0v) is 10.2. The van der Waals surface area contributed by atoms with Gasteiger partial charge in [-0.2, -0.15) is 5.10 Å². The van der Waals surface area contributed by atoms with Crippen molar-refractivity contribution in [1.82, 2.24) is 19.5 Å². The second-order valence-corrected chi connectivity index (χ2v) is 4.37. The van der Waals surface area contributed by atoms with Gasteiger partial charge >= 0.3 is 6.09 Å². The van der Waals surface area contributed by atoms with Crippen LogP contribution in [-0.2, 0) is 0 Å². The Morgan fingerprint density at radius 2 is 2.26 bits per heavy atom. The van der Waals surface area contributed by atoms with Crippen LogP contribution < -0.4 is 5.73 Å². The molecule has 0 bridgehead atoms. The maximum atomic E-state index is 10.9. The van der Waals surface area contributed by atoms with Crippen LogP contribution in [0.3, 0.4) is 0 Å². The van der Waals surface area contributed by atoms with Gasteiger partial charge in [-0.05, 0) is 24.1 Å². The number of anilines is 1. The number of carboxylic acid groups (broad SMARTS) is 1. The van der Waals surface area contributed by atoms with E-state index in [1.54, 1.807) is 4.52 Å². The highest BCUT2D eigenvalue weighted by Crippen LogP contribution is 2.25. The highest BCUT2D eigenvalue weighted by molar-refractivity contribution is 5.74. The van der Waals surface area contributed by atoms with Gasteiger partial charge < -0.3 is 15.7 Å². The van der Waals surface area contributed by atoms with E-state index in [-0.39, 0.29) is 0 Å². The van der Waals surface area contributed by atoms with E-state index in [0.29, 0.717) is 25.3 Å². The van der Waals surface area contributed by atoms with E-state index in [0.717, 1.165) is 16.8 Å². The van der Waals surface area contributed by atoms with Gasteiger partial charge in [0.15, 0.2) is 5.82 Å². The lowest BCUT2D eigenvalue weighted by molar-refractivity contribution is 0.150. The van der Waals surface area contributed by atoms with Crippen molar-refractivity contribution < 1.29 is 9.90 Å². The molecular weight excluding hydrogens is 246 g/mol. The van der Waals surface area contributed by atoms with Gasteiger partial charge in [-0.25, -0.2) is 14.3 Å². The topological polar surface area (TPSA) is 96.8 Å². The molecule has 0 aromatic carbocycles. The fourth-order valence-electron chi connectivity index (χ4n) is 2.27. The first-order valence-corrected chi connectivity index (χ1v) is 5.92. The van der Waals surface area contributed by atoms with Gasteiger partial charge in [-0.3, -0.25) is 0 Å². The van der Waals surface area contributed by atoms with Crippen molar-refractivity contribution in [2.24, 2.45) is 0 Å². The molecular formula is C12H13N5O2. The minimum absolute atomic E-state index is 0.401. The molecule has 2 aromatic rings. The second-order valence-electron chi connectivity index (χ2n) is 4.37. The number of nitrogens with two attached hydrogens (primary N) is 1. The lowest BCUT2D eigenvalue weighted by Gasteiger charge is -2.23. The third-order valence-electron chi connectivity index (χ3n) is 3.29. The molecule has 1 aliphatic rings. The van der Waals surface area contributed by atoms with Crippen LogP contribution in [0.1, 0.15) is 12.1 Å². The fraction of sp³-hybridized carbons (Fsp3) is 0.250. The van der Waals surface area contributed by atoms with E-state index in [9.17, 15) is 4.79 Å². The minimum Gasteiger partial charge on any atom is -0.465 e. The Hall–Kier alpha value is -2.57. The van der Waals surface area contributed by atoms with Gasteiger partial charge in [0.05, 0.1) is 5.69 Å². The van der Waals surface area contributed by atoms with E-state index in [1.807, 2.05) is 18.2 Å². The van der Waals surface area contributed by atoms with E-state index < -0.39 is 6.09 Å². The monoisotopic (exact) mass is 259 g/mol. The quantitative estimate of drug-likeness (QED) is 0.798. The van der Waals surface area contributed by atoms with Crippen LogP contribution in [0.25, 0.3) is 11.1 Å². The molecule has 0 unspecified atom stereocenters. The van der Waals surface area contributed by atoms with Crippen LogP contribution in [0, 0.1) is 0 Å². The van der Waals surface area contributed by atoms with Crippen LogP contribution in [0.4, 0.5) is 10.6 Å². The van der Waals surface area contributed by atoms with Crippen LogP contribution in [-0.4, -0.2) is 43.8 Å². The molecule has 0 aliphatic carbocycles. The van der Waals surface area contributed by atoms with Crippen molar-refractivity contribution in [3.63, 3.8) is 0 Å². The summed E-state index contributed by atoms with van der Waals surface area (Å²) in [5.41, 5.74) is 8.56. The number of amides is 1. The molecule has 19 heavy (non-hydrogen) atoms. The number of hydrogen-bond donors (Lipinski definition) is 2. The third kappa shape index (κ3) is 1.88. The average Bonchev–Trinajstić information content (AvgIpc) is 2.84. The first kappa shape index (κ1) is 11.5. The molecule has 7 nitrogen and oxygen atoms in total. The van der Waals surface area contributed by atoms with E-state index >= 15 is 0 Å². The number of fused-ring (bicyclic) bond motifs is 1. The Morgan fingerprint density at radius 3 is 2.95 bits per heavy atom. The molecule has 3 rings (SSSR count). The predicted molar refractivity (Wildman–Crippen MR) is 69.6 cm³/mol.